The van der Waals surface area contributed by atoms with Crippen LogP contribution in [-0.4, -0.2) is 17.4 Å². The van der Waals surface area contributed by atoms with Crippen molar-refractivity contribution in [3.8, 4) is 22.8 Å². The fraction of sp³-hybridized carbons (Fsp3) is 0.238. The molecule has 0 radical (unpaired) electrons. The molecule has 3 rings (SSSR count). The highest BCUT2D eigenvalue weighted by Gasteiger charge is 2.16. The van der Waals surface area contributed by atoms with Gasteiger partial charge in [-0.15, -0.1) is 0 Å². The molecule has 1 heterocycles. The highest BCUT2D eigenvalue weighted by Crippen LogP contribution is 2.28. The van der Waals surface area contributed by atoms with Gasteiger partial charge in [-0.05, 0) is 30.7 Å². The smallest absolute Gasteiger partial charge is 0.252 e. The van der Waals surface area contributed by atoms with Crippen LogP contribution < -0.4 is 5.32 Å². The number of nitrogens with one attached hydrogen (secondary N) is 1. The Balaban J connectivity index is 1.82. The van der Waals surface area contributed by atoms with Gasteiger partial charge in [-0.2, -0.15) is 0 Å². The second-order valence-corrected chi connectivity index (χ2v) is 6.96. The standard InChI is InChI=1S/C21H21BrN2O2/c1-2-3-6-13-23-20(25)17-7-4-5-8-18(17)21-24-14-19(26-21)15-9-11-16(22)12-10-15/h4-5,7-12,14H,2-3,6,13H2,1H3,(H,23,25). The van der Waals surface area contributed by atoms with Crippen molar-refractivity contribution >= 4 is 21.8 Å². The number of hydrogen-bond acceptors (Lipinski definition) is 3. The zero-order valence-electron chi connectivity index (χ0n) is 14.7. The highest BCUT2D eigenvalue weighted by molar-refractivity contribution is 9.10. The molecule has 1 aromatic heterocycles. The lowest BCUT2D eigenvalue weighted by Gasteiger charge is -2.08. The minimum Gasteiger partial charge on any atom is -0.436 e. The second-order valence-electron chi connectivity index (χ2n) is 6.05. The van der Waals surface area contributed by atoms with E-state index in [1.165, 1.54) is 0 Å². The van der Waals surface area contributed by atoms with Crippen LogP contribution in [0, 0.1) is 0 Å². The molecule has 5 heteroatoms. The van der Waals surface area contributed by atoms with Gasteiger partial charge >= 0.3 is 0 Å². The van der Waals surface area contributed by atoms with E-state index in [-0.39, 0.29) is 5.91 Å². The molecule has 4 nitrogen and oxygen atoms in total. The van der Waals surface area contributed by atoms with Crippen LogP contribution in [0.4, 0.5) is 0 Å². The van der Waals surface area contributed by atoms with Gasteiger partial charge in [0.25, 0.3) is 5.91 Å². The summed E-state index contributed by atoms with van der Waals surface area (Å²) in [5.41, 5.74) is 2.21. The molecule has 0 aliphatic rings. The van der Waals surface area contributed by atoms with Gasteiger partial charge in [0, 0.05) is 22.1 Å². The number of halogens is 1. The van der Waals surface area contributed by atoms with Crippen molar-refractivity contribution in [1.29, 1.82) is 0 Å². The summed E-state index contributed by atoms with van der Waals surface area (Å²) in [6.45, 7) is 2.82. The van der Waals surface area contributed by atoms with Gasteiger partial charge < -0.3 is 9.73 Å². The van der Waals surface area contributed by atoms with E-state index >= 15 is 0 Å². The lowest BCUT2D eigenvalue weighted by atomic mass is 10.1. The number of hydrogen-bond donors (Lipinski definition) is 1. The fourth-order valence-electron chi connectivity index (χ4n) is 2.69. The first kappa shape index (κ1) is 18.4. The quantitative estimate of drug-likeness (QED) is 0.506. The highest BCUT2D eigenvalue weighted by atomic mass is 79.9. The molecule has 0 spiro atoms. The van der Waals surface area contributed by atoms with Gasteiger partial charge in [0.1, 0.15) is 0 Å². The maximum atomic E-state index is 12.5. The molecule has 1 N–H and O–H groups in total. The van der Waals surface area contributed by atoms with Gasteiger partial charge in [0.05, 0.1) is 11.8 Å². The molecule has 1 amide bonds. The first-order valence-electron chi connectivity index (χ1n) is 8.78. The summed E-state index contributed by atoms with van der Waals surface area (Å²) >= 11 is 3.42. The molecule has 2 aromatic carbocycles. The Morgan fingerprint density at radius 2 is 1.88 bits per heavy atom. The van der Waals surface area contributed by atoms with E-state index < -0.39 is 0 Å². The normalized spacial score (nSPS) is 10.7. The first-order chi connectivity index (χ1) is 12.7. The maximum Gasteiger partial charge on any atom is 0.252 e. The fourth-order valence-corrected chi connectivity index (χ4v) is 2.95. The van der Waals surface area contributed by atoms with Crippen molar-refractivity contribution in [2.45, 2.75) is 26.2 Å². The maximum absolute atomic E-state index is 12.5. The predicted octanol–water partition coefficient (Wildman–Crippen LogP) is 5.69. The summed E-state index contributed by atoms with van der Waals surface area (Å²) in [6.07, 6.45) is 4.91. The molecule has 0 bridgehead atoms. The minimum absolute atomic E-state index is 0.0971. The van der Waals surface area contributed by atoms with Gasteiger partial charge in [-0.3, -0.25) is 4.79 Å². The summed E-state index contributed by atoms with van der Waals surface area (Å²) in [5.74, 6) is 1.02. The Bertz CT molecular complexity index is 872. The zero-order valence-corrected chi connectivity index (χ0v) is 16.3. The van der Waals surface area contributed by atoms with E-state index in [0.29, 0.717) is 29.3 Å². The molecule has 3 aromatic rings. The van der Waals surface area contributed by atoms with E-state index in [1.54, 1.807) is 12.3 Å². The molecular weight excluding hydrogens is 392 g/mol. The summed E-state index contributed by atoms with van der Waals surface area (Å²) in [6, 6.07) is 15.2. The van der Waals surface area contributed by atoms with E-state index in [2.05, 4.69) is 33.2 Å². The predicted molar refractivity (Wildman–Crippen MR) is 107 cm³/mol. The third-order valence-electron chi connectivity index (χ3n) is 4.10. The van der Waals surface area contributed by atoms with E-state index in [1.807, 2.05) is 42.5 Å². The van der Waals surface area contributed by atoms with Crippen molar-refractivity contribution < 1.29 is 9.21 Å². The minimum atomic E-state index is -0.0971. The molecular formula is C21H21BrN2O2. The number of amides is 1. The molecule has 26 heavy (non-hydrogen) atoms. The van der Waals surface area contributed by atoms with Crippen molar-refractivity contribution in [1.82, 2.24) is 10.3 Å². The number of unbranched alkanes of at least 4 members (excludes halogenated alkanes) is 2. The molecule has 0 aliphatic heterocycles. The molecule has 0 saturated heterocycles. The summed E-state index contributed by atoms with van der Waals surface area (Å²) in [4.78, 5) is 16.9. The SMILES string of the molecule is CCCCCNC(=O)c1ccccc1-c1ncc(-c2ccc(Br)cc2)o1. The first-order valence-corrected chi connectivity index (χ1v) is 9.57. The van der Waals surface area contributed by atoms with E-state index in [0.717, 1.165) is 29.3 Å². The number of aromatic nitrogens is 1. The Hall–Kier alpha value is -2.40. The summed E-state index contributed by atoms with van der Waals surface area (Å²) in [7, 11) is 0. The third kappa shape index (κ3) is 4.41. The van der Waals surface area contributed by atoms with Crippen molar-refractivity contribution in [3.63, 3.8) is 0 Å². The van der Waals surface area contributed by atoms with E-state index in [4.69, 9.17) is 4.42 Å². The average Bonchev–Trinajstić information content (AvgIpc) is 3.16. The number of rotatable bonds is 7. The topological polar surface area (TPSA) is 55.1 Å². The van der Waals surface area contributed by atoms with Gasteiger partial charge in [-0.25, -0.2) is 4.98 Å². The second kappa shape index (κ2) is 8.81. The van der Waals surface area contributed by atoms with Crippen molar-refractivity contribution in [2.75, 3.05) is 6.54 Å². The van der Waals surface area contributed by atoms with E-state index in [9.17, 15) is 4.79 Å². The Morgan fingerprint density at radius 3 is 2.65 bits per heavy atom. The summed E-state index contributed by atoms with van der Waals surface area (Å²) < 4.78 is 6.93. The van der Waals surface area contributed by atoms with Crippen LogP contribution in [-0.2, 0) is 0 Å². The van der Waals surface area contributed by atoms with Crippen molar-refractivity contribution in [2.24, 2.45) is 0 Å². The molecule has 134 valence electrons. The van der Waals surface area contributed by atoms with Crippen LogP contribution in [0.3, 0.4) is 0 Å². The Labute approximate surface area is 161 Å². The molecule has 0 atom stereocenters. The summed E-state index contributed by atoms with van der Waals surface area (Å²) in [5, 5.41) is 2.98. The lowest BCUT2D eigenvalue weighted by molar-refractivity contribution is 0.0953. The van der Waals surface area contributed by atoms with Crippen LogP contribution in [0.25, 0.3) is 22.8 Å². The van der Waals surface area contributed by atoms with Crippen LogP contribution in [0.2, 0.25) is 0 Å². The number of nitrogens with zero attached hydrogens (tertiary/aromatic N) is 1. The Morgan fingerprint density at radius 1 is 1.12 bits per heavy atom. The average molecular weight is 413 g/mol. The van der Waals surface area contributed by atoms with Gasteiger partial charge in [-0.1, -0.05) is 60.0 Å². The van der Waals surface area contributed by atoms with Crippen LogP contribution >= 0.6 is 15.9 Å². The number of carbonyl (C=O) groups excluding carboxylic acids is 1. The monoisotopic (exact) mass is 412 g/mol. The molecule has 0 fully saturated rings. The number of benzene rings is 2. The number of oxazole rings is 1. The molecule has 0 unspecified atom stereocenters. The van der Waals surface area contributed by atoms with Crippen LogP contribution in [0.15, 0.2) is 63.6 Å². The zero-order chi connectivity index (χ0) is 18.4. The van der Waals surface area contributed by atoms with Crippen LogP contribution in [0.5, 0.6) is 0 Å². The van der Waals surface area contributed by atoms with Gasteiger partial charge in [0.2, 0.25) is 5.89 Å². The largest absolute Gasteiger partial charge is 0.436 e. The number of carbonyl (C=O) groups is 1. The molecule has 0 saturated carbocycles. The lowest BCUT2D eigenvalue weighted by Crippen LogP contribution is -2.25. The van der Waals surface area contributed by atoms with Gasteiger partial charge in [0.15, 0.2) is 5.76 Å². The third-order valence-corrected chi connectivity index (χ3v) is 4.63. The Kier molecular flexibility index (Phi) is 6.23. The molecule has 0 aliphatic carbocycles. The van der Waals surface area contributed by atoms with Crippen molar-refractivity contribution in [3.05, 3.63) is 64.8 Å². The van der Waals surface area contributed by atoms with Crippen LogP contribution in [0.1, 0.15) is 36.5 Å².